The number of aromatic amines is 1. The molecule has 0 bridgehead atoms. The van der Waals surface area contributed by atoms with Gasteiger partial charge in [0, 0.05) is 22.7 Å². The lowest BCUT2D eigenvalue weighted by atomic mass is 10.1. The fourth-order valence-corrected chi connectivity index (χ4v) is 3.89. The molecule has 1 aliphatic rings. The maximum Gasteiger partial charge on any atom is 0.277 e. The molecular formula is C21H19N5O2. The van der Waals surface area contributed by atoms with E-state index in [-0.39, 0.29) is 11.7 Å². The van der Waals surface area contributed by atoms with Gasteiger partial charge in [0.15, 0.2) is 11.5 Å². The minimum absolute atomic E-state index is 0.142. The Labute approximate surface area is 161 Å². The van der Waals surface area contributed by atoms with Crippen molar-refractivity contribution in [3.8, 4) is 11.4 Å². The zero-order valence-electron chi connectivity index (χ0n) is 15.4. The van der Waals surface area contributed by atoms with Crippen LogP contribution >= 0.6 is 0 Å². The van der Waals surface area contributed by atoms with Gasteiger partial charge in [0.2, 0.25) is 0 Å². The SMILES string of the molecule is Cc1ccccc1-n1nc(C(=O)Nc2n[nH]c3cc(O)ccc23)c2c1CCC2. The van der Waals surface area contributed by atoms with Crippen molar-refractivity contribution in [2.45, 2.75) is 26.2 Å². The number of phenols is 1. The second kappa shape index (κ2) is 6.23. The molecule has 7 heteroatoms. The van der Waals surface area contributed by atoms with Gasteiger partial charge in [-0.2, -0.15) is 10.2 Å². The van der Waals surface area contributed by atoms with E-state index in [9.17, 15) is 9.90 Å². The van der Waals surface area contributed by atoms with Gasteiger partial charge in [0.1, 0.15) is 5.75 Å². The fourth-order valence-electron chi connectivity index (χ4n) is 3.89. The van der Waals surface area contributed by atoms with E-state index in [1.807, 2.05) is 35.9 Å². The highest BCUT2D eigenvalue weighted by Gasteiger charge is 2.28. The molecule has 1 amide bonds. The number of benzene rings is 2. The van der Waals surface area contributed by atoms with Gasteiger partial charge < -0.3 is 10.4 Å². The first kappa shape index (κ1) is 16.6. The molecule has 28 heavy (non-hydrogen) atoms. The van der Waals surface area contributed by atoms with Crippen molar-refractivity contribution in [2.75, 3.05) is 5.32 Å². The number of nitrogens with one attached hydrogen (secondary N) is 2. The largest absolute Gasteiger partial charge is 0.508 e. The van der Waals surface area contributed by atoms with Gasteiger partial charge in [-0.1, -0.05) is 18.2 Å². The van der Waals surface area contributed by atoms with Gasteiger partial charge in [-0.05, 0) is 49.9 Å². The summed E-state index contributed by atoms with van der Waals surface area (Å²) in [6.45, 7) is 2.05. The van der Waals surface area contributed by atoms with Crippen LogP contribution in [0.3, 0.4) is 0 Å². The minimum atomic E-state index is -0.271. The Hall–Kier alpha value is -3.61. The number of amides is 1. The lowest BCUT2D eigenvalue weighted by Crippen LogP contribution is -2.15. The van der Waals surface area contributed by atoms with Crippen LogP contribution in [0.2, 0.25) is 0 Å². The number of hydrogen-bond acceptors (Lipinski definition) is 4. The molecule has 2 heterocycles. The van der Waals surface area contributed by atoms with E-state index in [0.717, 1.165) is 47.2 Å². The number of H-pyrrole nitrogens is 1. The molecule has 0 spiro atoms. The van der Waals surface area contributed by atoms with Crippen LogP contribution in [-0.2, 0) is 12.8 Å². The van der Waals surface area contributed by atoms with Crippen molar-refractivity contribution in [2.24, 2.45) is 0 Å². The Morgan fingerprint density at radius 1 is 1.21 bits per heavy atom. The summed E-state index contributed by atoms with van der Waals surface area (Å²) in [6.07, 6.45) is 2.78. The van der Waals surface area contributed by atoms with Crippen LogP contribution < -0.4 is 5.32 Å². The molecule has 2 aromatic carbocycles. The number of para-hydroxylation sites is 1. The number of aromatic hydroxyl groups is 1. The van der Waals surface area contributed by atoms with Crippen molar-refractivity contribution < 1.29 is 9.90 Å². The second-order valence-corrected chi connectivity index (χ2v) is 7.08. The Bertz CT molecular complexity index is 1220. The molecule has 0 atom stereocenters. The fraction of sp³-hybridized carbons (Fsp3) is 0.190. The van der Waals surface area contributed by atoms with E-state index >= 15 is 0 Å². The van der Waals surface area contributed by atoms with Crippen molar-refractivity contribution >= 4 is 22.6 Å². The van der Waals surface area contributed by atoms with Crippen LogP contribution in [-0.4, -0.2) is 31.0 Å². The number of rotatable bonds is 3. The molecule has 140 valence electrons. The molecule has 1 aliphatic carbocycles. The van der Waals surface area contributed by atoms with E-state index in [1.165, 1.54) is 0 Å². The first-order chi connectivity index (χ1) is 13.6. The van der Waals surface area contributed by atoms with E-state index < -0.39 is 0 Å². The van der Waals surface area contributed by atoms with Crippen LogP contribution in [0.25, 0.3) is 16.6 Å². The van der Waals surface area contributed by atoms with Crippen LogP contribution in [0.5, 0.6) is 5.75 Å². The second-order valence-electron chi connectivity index (χ2n) is 7.08. The standard InChI is InChI=1S/C21H19N5O2/c1-12-5-2-3-7-17(12)26-18-8-4-6-15(18)19(25-26)21(28)22-20-14-10-9-13(27)11-16(14)23-24-20/h2-3,5,7,9-11,27H,4,6,8H2,1H3,(H2,22,23,24,28). The topological polar surface area (TPSA) is 95.8 Å². The number of aromatic nitrogens is 4. The summed E-state index contributed by atoms with van der Waals surface area (Å²) in [5.74, 6) is 0.299. The van der Waals surface area contributed by atoms with E-state index in [2.05, 4.69) is 20.6 Å². The molecule has 3 N–H and O–H groups in total. The average molecular weight is 373 g/mol. The van der Waals surface area contributed by atoms with Crippen molar-refractivity contribution in [1.82, 2.24) is 20.0 Å². The van der Waals surface area contributed by atoms with Crippen LogP contribution in [0, 0.1) is 6.92 Å². The van der Waals surface area contributed by atoms with E-state index in [4.69, 9.17) is 0 Å². The number of anilines is 1. The van der Waals surface area contributed by atoms with Crippen molar-refractivity contribution in [3.05, 3.63) is 65.0 Å². The van der Waals surface area contributed by atoms with Gasteiger partial charge in [-0.25, -0.2) is 4.68 Å². The van der Waals surface area contributed by atoms with E-state index in [1.54, 1.807) is 18.2 Å². The maximum absolute atomic E-state index is 13.0. The van der Waals surface area contributed by atoms with Crippen molar-refractivity contribution in [1.29, 1.82) is 0 Å². The number of nitrogens with zero attached hydrogens (tertiary/aromatic N) is 3. The zero-order chi connectivity index (χ0) is 19.3. The number of carbonyl (C=O) groups is 1. The number of carbonyl (C=O) groups excluding carboxylic acids is 1. The van der Waals surface area contributed by atoms with Gasteiger partial charge in [0.25, 0.3) is 5.91 Å². The molecule has 5 rings (SSSR count). The molecule has 2 aromatic heterocycles. The van der Waals surface area contributed by atoms with Crippen molar-refractivity contribution in [3.63, 3.8) is 0 Å². The number of hydrogen-bond donors (Lipinski definition) is 3. The molecule has 0 fully saturated rings. The first-order valence-electron chi connectivity index (χ1n) is 9.27. The van der Waals surface area contributed by atoms with Gasteiger partial charge in [-0.3, -0.25) is 9.89 Å². The normalized spacial score (nSPS) is 13.0. The highest BCUT2D eigenvalue weighted by atomic mass is 16.3. The third-order valence-corrected chi connectivity index (χ3v) is 5.27. The van der Waals surface area contributed by atoms with Gasteiger partial charge >= 0.3 is 0 Å². The Morgan fingerprint density at radius 2 is 2.07 bits per heavy atom. The van der Waals surface area contributed by atoms with Gasteiger partial charge in [-0.15, -0.1) is 0 Å². The monoisotopic (exact) mass is 373 g/mol. The van der Waals surface area contributed by atoms with Crippen LogP contribution in [0.4, 0.5) is 5.82 Å². The molecule has 0 aliphatic heterocycles. The predicted octanol–water partition coefficient (Wildman–Crippen LogP) is 3.50. The number of fused-ring (bicyclic) bond motifs is 2. The Kier molecular flexibility index (Phi) is 3.68. The molecule has 0 saturated heterocycles. The molecule has 7 nitrogen and oxygen atoms in total. The summed E-state index contributed by atoms with van der Waals surface area (Å²) in [4.78, 5) is 13.0. The lowest BCUT2D eigenvalue weighted by molar-refractivity contribution is 0.102. The minimum Gasteiger partial charge on any atom is -0.508 e. The Balaban J connectivity index is 1.53. The smallest absolute Gasteiger partial charge is 0.277 e. The van der Waals surface area contributed by atoms with Gasteiger partial charge in [0.05, 0.1) is 11.2 Å². The molecule has 0 radical (unpaired) electrons. The zero-order valence-corrected chi connectivity index (χ0v) is 15.4. The molecule has 0 saturated carbocycles. The highest BCUT2D eigenvalue weighted by Crippen LogP contribution is 2.30. The molecular weight excluding hydrogens is 354 g/mol. The molecule has 0 unspecified atom stereocenters. The summed E-state index contributed by atoms with van der Waals surface area (Å²) in [5.41, 5.74) is 5.34. The highest BCUT2D eigenvalue weighted by molar-refractivity contribution is 6.07. The summed E-state index contributed by atoms with van der Waals surface area (Å²) >= 11 is 0. The first-order valence-corrected chi connectivity index (χ1v) is 9.27. The predicted molar refractivity (Wildman–Crippen MR) is 106 cm³/mol. The summed E-state index contributed by atoms with van der Waals surface area (Å²) < 4.78 is 1.91. The summed E-state index contributed by atoms with van der Waals surface area (Å²) in [7, 11) is 0. The number of phenolic OH excluding ortho intramolecular Hbond substituents is 1. The molecule has 4 aromatic rings. The average Bonchev–Trinajstić information content (AvgIpc) is 3.38. The van der Waals surface area contributed by atoms with Crippen LogP contribution in [0.1, 0.15) is 33.7 Å². The maximum atomic E-state index is 13.0. The quantitative estimate of drug-likeness (QED) is 0.512. The number of aryl methyl sites for hydroxylation is 1. The third kappa shape index (κ3) is 2.55. The van der Waals surface area contributed by atoms with Crippen LogP contribution in [0.15, 0.2) is 42.5 Å². The van der Waals surface area contributed by atoms with E-state index in [0.29, 0.717) is 17.0 Å². The third-order valence-electron chi connectivity index (χ3n) is 5.27. The Morgan fingerprint density at radius 3 is 2.93 bits per heavy atom. The summed E-state index contributed by atoms with van der Waals surface area (Å²) in [6, 6.07) is 12.9. The lowest BCUT2D eigenvalue weighted by Gasteiger charge is -2.08. The summed E-state index contributed by atoms with van der Waals surface area (Å²) in [5, 5.41) is 24.9.